The van der Waals surface area contributed by atoms with Gasteiger partial charge in [-0.25, -0.2) is 0 Å². The van der Waals surface area contributed by atoms with Gasteiger partial charge in [-0.05, 0) is 27.7 Å². The first kappa shape index (κ1) is 14.6. The lowest BCUT2D eigenvalue weighted by Gasteiger charge is -2.15. The van der Waals surface area contributed by atoms with Gasteiger partial charge in [0.05, 0.1) is 0 Å². The monoisotopic (exact) mass is 252 g/mol. The molecule has 2 N–H and O–H groups in total. The normalized spacial score (nSPS) is 12.5. The third kappa shape index (κ3) is 7.51. The first-order valence-corrected chi connectivity index (χ1v) is 5.77. The van der Waals surface area contributed by atoms with Gasteiger partial charge < -0.3 is 10.6 Å². The summed E-state index contributed by atoms with van der Waals surface area (Å²) in [5.41, 5.74) is 0.520. The van der Waals surface area contributed by atoms with E-state index in [0.29, 0.717) is 5.70 Å². The van der Waals surface area contributed by atoms with Gasteiger partial charge in [0.15, 0.2) is 0 Å². The van der Waals surface area contributed by atoms with E-state index >= 15 is 0 Å². The van der Waals surface area contributed by atoms with Gasteiger partial charge in [-0.1, -0.05) is 23.2 Å². The molecule has 15 heavy (non-hydrogen) atoms. The summed E-state index contributed by atoms with van der Waals surface area (Å²) in [5, 5.41) is 5.75. The van der Waals surface area contributed by atoms with Gasteiger partial charge in [-0.15, -0.1) is 0 Å². The fourth-order valence-corrected chi connectivity index (χ4v) is 1.22. The van der Waals surface area contributed by atoms with Crippen LogP contribution >= 0.6 is 23.2 Å². The van der Waals surface area contributed by atoms with Crippen LogP contribution in [0.4, 0.5) is 0 Å². The summed E-state index contributed by atoms with van der Waals surface area (Å²) in [4.78, 5) is 10.7. The van der Waals surface area contributed by atoms with Crippen LogP contribution in [0.2, 0.25) is 0 Å². The number of hydrogen-bond acceptors (Lipinski definition) is 2. The van der Waals surface area contributed by atoms with E-state index in [9.17, 15) is 4.79 Å². The Morgan fingerprint density at radius 1 is 1.07 bits per heavy atom. The third-order valence-electron chi connectivity index (χ3n) is 1.41. The topological polar surface area (TPSA) is 41.1 Å². The van der Waals surface area contributed by atoms with Crippen LogP contribution in [0.3, 0.4) is 0 Å². The van der Waals surface area contributed by atoms with Crippen molar-refractivity contribution in [3.8, 4) is 0 Å². The molecule has 0 aromatic rings. The summed E-state index contributed by atoms with van der Waals surface area (Å²) in [6.07, 6.45) is 1.39. The van der Waals surface area contributed by atoms with E-state index in [1.165, 1.54) is 6.08 Å². The highest BCUT2D eigenvalue weighted by Gasteiger charge is 2.11. The fourth-order valence-electron chi connectivity index (χ4n) is 0.968. The summed E-state index contributed by atoms with van der Waals surface area (Å²) < 4.78 is 0. The molecule has 0 saturated heterocycles. The molecule has 0 heterocycles. The van der Waals surface area contributed by atoms with Crippen molar-refractivity contribution in [2.24, 2.45) is 0 Å². The second kappa shape index (κ2) is 6.96. The van der Waals surface area contributed by atoms with Gasteiger partial charge in [0.2, 0.25) is 5.91 Å². The quantitative estimate of drug-likeness (QED) is 0.582. The summed E-state index contributed by atoms with van der Waals surface area (Å²) in [6.45, 7) is 7.68. The summed E-state index contributed by atoms with van der Waals surface area (Å²) >= 11 is 11.4. The summed E-state index contributed by atoms with van der Waals surface area (Å²) in [6, 6.07) is 0.279. The van der Waals surface area contributed by atoms with E-state index in [4.69, 9.17) is 23.2 Å². The standard InChI is InChI=1S/C10H18Cl2N2O/c1-6(2)13-8(10(11)12)5-9(15)14-7(3)4/h5-7,10,13H,1-4H3,(H,14,15)/b8-5+. The number of amides is 1. The van der Waals surface area contributed by atoms with Gasteiger partial charge in [-0.3, -0.25) is 4.79 Å². The molecule has 88 valence electrons. The smallest absolute Gasteiger partial charge is 0.246 e. The average Bonchev–Trinajstić information content (AvgIpc) is 1.99. The minimum Gasteiger partial charge on any atom is -0.384 e. The zero-order chi connectivity index (χ0) is 12.0. The molecule has 0 atom stereocenters. The predicted molar refractivity (Wildman–Crippen MR) is 65.1 cm³/mol. The van der Waals surface area contributed by atoms with E-state index in [1.54, 1.807) is 0 Å². The molecule has 3 nitrogen and oxygen atoms in total. The number of allylic oxidation sites excluding steroid dienone is 1. The number of hydrogen-bond donors (Lipinski definition) is 2. The molecular formula is C10H18Cl2N2O. The Balaban J connectivity index is 4.46. The fraction of sp³-hybridized carbons (Fsp3) is 0.700. The maximum Gasteiger partial charge on any atom is 0.246 e. The summed E-state index contributed by atoms with van der Waals surface area (Å²) in [7, 11) is 0. The SMILES string of the molecule is CC(C)NC(=O)/C=C(/NC(C)C)C(Cl)Cl. The molecule has 0 aliphatic carbocycles. The molecular weight excluding hydrogens is 235 g/mol. The molecule has 0 spiro atoms. The van der Waals surface area contributed by atoms with Crippen LogP contribution in [0.1, 0.15) is 27.7 Å². The van der Waals surface area contributed by atoms with Gasteiger partial charge in [0, 0.05) is 23.9 Å². The molecule has 0 bridgehead atoms. The van der Waals surface area contributed by atoms with Crippen molar-refractivity contribution in [2.45, 2.75) is 44.6 Å². The molecule has 0 aromatic carbocycles. The lowest BCUT2D eigenvalue weighted by Crippen LogP contribution is -2.32. The van der Waals surface area contributed by atoms with Crippen molar-refractivity contribution in [3.63, 3.8) is 0 Å². The Labute approximate surface area is 101 Å². The lowest BCUT2D eigenvalue weighted by atomic mass is 10.3. The van der Waals surface area contributed by atoms with Gasteiger partial charge in [-0.2, -0.15) is 0 Å². The van der Waals surface area contributed by atoms with Crippen LogP contribution in [0, 0.1) is 0 Å². The van der Waals surface area contributed by atoms with Crippen LogP contribution in [-0.2, 0) is 4.79 Å². The molecule has 0 saturated carbocycles. The Hall–Kier alpha value is -0.410. The average molecular weight is 253 g/mol. The van der Waals surface area contributed by atoms with E-state index in [0.717, 1.165) is 0 Å². The van der Waals surface area contributed by atoms with Crippen molar-refractivity contribution < 1.29 is 4.79 Å². The van der Waals surface area contributed by atoms with Crippen molar-refractivity contribution in [3.05, 3.63) is 11.8 Å². The second-order valence-electron chi connectivity index (χ2n) is 3.86. The third-order valence-corrected chi connectivity index (χ3v) is 1.88. The van der Waals surface area contributed by atoms with Crippen molar-refractivity contribution in [1.82, 2.24) is 10.6 Å². The highest BCUT2D eigenvalue weighted by atomic mass is 35.5. The summed E-state index contributed by atoms with van der Waals surface area (Å²) in [5.74, 6) is -0.195. The maximum absolute atomic E-state index is 11.4. The molecule has 0 unspecified atom stereocenters. The molecule has 0 fully saturated rings. The van der Waals surface area contributed by atoms with E-state index in [1.807, 2.05) is 27.7 Å². The van der Waals surface area contributed by atoms with Gasteiger partial charge in [0.25, 0.3) is 0 Å². The second-order valence-corrected chi connectivity index (χ2v) is 4.96. The zero-order valence-electron chi connectivity index (χ0n) is 9.47. The molecule has 0 aliphatic heterocycles. The molecule has 0 rings (SSSR count). The largest absolute Gasteiger partial charge is 0.384 e. The molecule has 0 aromatic heterocycles. The predicted octanol–water partition coefficient (Wildman–Crippen LogP) is 2.20. The Bertz CT molecular complexity index is 238. The minimum atomic E-state index is -0.717. The van der Waals surface area contributed by atoms with Crippen LogP contribution in [0.25, 0.3) is 0 Å². The number of nitrogens with one attached hydrogen (secondary N) is 2. The van der Waals surface area contributed by atoms with E-state index in [2.05, 4.69) is 10.6 Å². The van der Waals surface area contributed by atoms with E-state index in [-0.39, 0.29) is 18.0 Å². The molecule has 0 radical (unpaired) electrons. The number of alkyl halides is 2. The Kier molecular flexibility index (Phi) is 6.77. The molecule has 5 heteroatoms. The van der Waals surface area contributed by atoms with Crippen LogP contribution in [0.5, 0.6) is 0 Å². The van der Waals surface area contributed by atoms with Crippen molar-refractivity contribution in [1.29, 1.82) is 0 Å². The van der Waals surface area contributed by atoms with Gasteiger partial charge in [0.1, 0.15) is 4.84 Å². The zero-order valence-corrected chi connectivity index (χ0v) is 11.0. The Morgan fingerprint density at radius 2 is 1.53 bits per heavy atom. The van der Waals surface area contributed by atoms with Crippen molar-refractivity contribution >= 4 is 29.1 Å². The number of rotatable bonds is 5. The first-order valence-electron chi connectivity index (χ1n) is 4.89. The highest BCUT2D eigenvalue weighted by molar-refractivity contribution is 6.46. The number of halogens is 2. The number of carbonyl (C=O) groups excluding carboxylic acids is 1. The molecule has 0 aliphatic rings. The van der Waals surface area contributed by atoms with Crippen LogP contribution < -0.4 is 10.6 Å². The van der Waals surface area contributed by atoms with Crippen molar-refractivity contribution in [2.75, 3.05) is 0 Å². The minimum absolute atomic E-state index is 0.0955. The maximum atomic E-state index is 11.4. The lowest BCUT2D eigenvalue weighted by molar-refractivity contribution is -0.117. The van der Waals surface area contributed by atoms with Crippen LogP contribution in [0.15, 0.2) is 11.8 Å². The van der Waals surface area contributed by atoms with Crippen LogP contribution in [-0.4, -0.2) is 22.8 Å². The first-order chi connectivity index (χ1) is 6.82. The Morgan fingerprint density at radius 3 is 1.87 bits per heavy atom. The number of carbonyl (C=O) groups is 1. The highest BCUT2D eigenvalue weighted by Crippen LogP contribution is 2.12. The van der Waals surface area contributed by atoms with Gasteiger partial charge >= 0.3 is 0 Å². The van der Waals surface area contributed by atoms with E-state index < -0.39 is 4.84 Å². The molecule has 1 amide bonds.